The number of carbonyl (C=O) groups is 2. The van der Waals surface area contributed by atoms with E-state index in [-0.39, 0.29) is 17.2 Å². The molecule has 3 N–H and O–H groups in total. The van der Waals surface area contributed by atoms with E-state index in [4.69, 9.17) is 5.73 Å². The molecule has 0 radical (unpaired) electrons. The molecule has 1 saturated heterocycles. The lowest BCUT2D eigenvalue weighted by atomic mass is 10.1. The zero-order chi connectivity index (χ0) is 13.3. The summed E-state index contributed by atoms with van der Waals surface area (Å²) in [4.78, 5) is 25.1. The maximum absolute atomic E-state index is 13.0. The van der Waals surface area contributed by atoms with Crippen molar-refractivity contribution in [3.8, 4) is 0 Å². The third-order valence-corrected chi connectivity index (χ3v) is 2.99. The topological polar surface area (TPSA) is 75.4 Å². The lowest BCUT2D eigenvalue weighted by Gasteiger charge is -2.13. The van der Waals surface area contributed by atoms with Crippen molar-refractivity contribution in [1.29, 1.82) is 0 Å². The van der Waals surface area contributed by atoms with E-state index in [9.17, 15) is 14.0 Å². The number of hydrogen-bond acceptors (Lipinski definition) is 3. The first kappa shape index (κ1) is 12.3. The van der Waals surface area contributed by atoms with Gasteiger partial charge < -0.3 is 16.0 Å². The monoisotopic (exact) mass is 251 g/mol. The van der Waals surface area contributed by atoms with Gasteiger partial charge in [-0.1, -0.05) is 0 Å². The fourth-order valence-corrected chi connectivity index (χ4v) is 1.92. The number of nitrogens with one attached hydrogen (secondary N) is 1. The summed E-state index contributed by atoms with van der Waals surface area (Å²) in [5, 5.41) is 2.57. The second-order valence-corrected chi connectivity index (χ2v) is 4.31. The molecule has 6 heteroatoms. The van der Waals surface area contributed by atoms with Gasteiger partial charge in [-0.15, -0.1) is 0 Å². The molecule has 0 aromatic heterocycles. The van der Waals surface area contributed by atoms with Crippen LogP contribution in [0.25, 0.3) is 0 Å². The number of anilines is 1. The lowest BCUT2D eigenvalue weighted by molar-refractivity contribution is -0.128. The molecule has 1 aromatic carbocycles. The zero-order valence-corrected chi connectivity index (χ0v) is 9.94. The van der Waals surface area contributed by atoms with Gasteiger partial charge >= 0.3 is 0 Å². The molecule has 1 unspecified atom stereocenters. The Morgan fingerprint density at radius 1 is 1.56 bits per heavy atom. The molecule has 1 fully saturated rings. The van der Waals surface area contributed by atoms with Crippen LogP contribution in [0.3, 0.4) is 0 Å². The lowest BCUT2D eigenvalue weighted by Crippen LogP contribution is -2.40. The van der Waals surface area contributed by atoms with Crippen LogP contribution in [0.1, 0.15) is 16.8 Å². The Balaban J connectivity index is 2.13. The van der Waals surface area contributed by atoms with Crippen molar-refractivity contribution < 1.29 is 14.0 Å². The maximum atomic E-state index is 13.0. The van der Waals surface area contributed by atoms with Crippen LogP contribution in [0.5, 0.6) is 0 Å². The number of benzene rings is 1. The minimum absolute atomic E-state index is 0.0531. The Morgan fingerprint density at radius 2 is 2.28 bits per heavy atom. The number of likely N-dealkylation sites (tertiary alicyclic amines) is 1. The molecule has 0 spiro atoms. The summed E-state index contributed by atoms with van der Waals surface area (Å²) >= 11 is 0. The van der Waals surface area contributed by atoms with E-state index in [2.05, 4.69) is 5.32 Å². The van der Waals surface area contributed by atoms with Gasteiger partial charge in [-0.3, -0.25) is 9.59 Å². The fraction of sp³-hybridized carbons (Fsp3) is 0.333. The fourth-order valence-electron chi connectivity index (χ4n) is 1.92. The van der Waals surface area contributed by atoms with Crippen molar-refractivity contribution in [2.24, 2.45) is 0 Å². The van der Waals surface area contributed by atoms with Crippen LogP contribution in [-0.2, 0) is 4.79 Å². The Kier molecular flexibility index (Phi) is 3.18. The molecule has 1 heterocycles. The first-order chi connectivity index (χ1) is 8.49. The van der Waals surface area contributed by atoms with E-state index < -0.39 is 17.8 Å². The van der Waals surface area contributed by atoms with Gasteiger partial charge in [0.2, 0.25) is 5.91 Å². The van der Waals surface area contributed by atoms with Crippen molar-refractivity contribution in [3.63, 3.8) is 0 Å². The highest BCUT2D eigenvalue weighted by Crippen LogP contribution is 2.15. The molecule has 0 aliphatic carbocycles. The van der Waals surface area contributed by atoms with Crippen LogP contribution in [0.4, 0.5) is 10.1 Å². The number of nitrogens with two attached hydrogens (primary N) is 1. The summed E-state index contributed by atoms with van der Waals surface area (Å²) in [6.07, 6.45) is 0.552. The molecular weight excluding hydrogens is 237 g/mol. The number of hydrogen-bond donors (Lipinski definition) is 2. The van der Waals surface area contributed by atoms with E-state index >= 15 is 0 Å². The maximum Gasteiger partial charge on any atom is 0.254 e. The van der Waals surface area contributed by atoms with Crippen LogP contribution in [0.2, 0.25) is 0 Å². The quantitative estimate of drug-likeness (QED) is 0.746. The van der Waals surface area contributed by atoms with Gasteiger partial charge in [0.15, 0.2) is 0 Å². The molecule has 18 heavy (non-hydrogen) atoms. The summed E-state index contributed by atoms with van der Waals surface area (Å²) < 4.78 is 13.0. The van der Waals surface area contributed by atoms with Crippen molar-refractivity contribution in [2.75, 3.05) is 19.3 Å². The number of nitrogens with zero attached hydrogens (tertiary/aromatic N) is 1. The summed E-state index contributed by atoms with van der Waals surface area (Å²) in [6.45, 7) is 0.600. The van der Waals surface area contributed by atoms with Gasteiger partial charge in [0, 0.05) is 19.3 Å². The van der Waals surface area contributed by atoms with Gasteiger partial charge in [0.25, 0.3) is 5.91 Å². The van der Waals surface area contributed by atoms with Crippen LogP contribution in [0.15, 0.2) is 18.2 Å². The highest BCUT2D eigenvalue weighted by Gasteiger charge is 2.30. The number of halogens is 1. The normalized spacial score (nSPS) is 19.1. The van der Waals surface area contributed by atoms with E-state index in [1.807, 2.05) is 0 Å². The van der Waals surface area contributed by atoms with E-state index in [0.29, 0.717) is 13.0 Å². The number of rotatable bonds is 2. The number of carbonyl (C=O) groups excluding carboxylic acids is 2. The Hall–Kier alpha value is -2.11. The van der Waals surface area contributed by atoms with Crippen LogP contribution in [-0.4, -0.2) is 36.3 Å². The minimum atomic E-state index is -0.551. The molecule has 1 aliphatic heterocycles. The number of amides is 2. The standard InChI is InChI=1S/C12H14FN3O2/c1-16-5-4-10(12(16)18)15-11(17)8-6-7(13)2-3-9(8)14/h2-3,6,10H,4-5,14H2,1H3,(H,15,17). The van der Waals surface area contributed by atoms with Crippen LogP contribution < -0.4 is 11.1 Å². The van der Waals surface area contributed by atoms with E-state index in [1.54, 1.807) is 11.9 Å². The smallest absolute Gasteiger partial charge is 0.254 e. The van der Waals surface area contributed by atoms with Gasteiger partial charge in [-0.2, -0.15) is 0 Å². The van der Waals surface area contributed by atoms with Gasteiger partial charge in [-0.25, -0.2) is 4.39 Å². The van der Waals surface area contributed by atoms with Crippen molar-refractivity contribution >= 4 is 17.5 Å². The first-order valence-corrected chi connectivity index (χ1v) is 5.60. The van der Waals surface area contributed by atoms with Gasteiger partial charge in [0.1, 0.15) is 11.9 Å². The van der Waals surface area contributed by atoms with Crippen LogP contribution >= 0.6 is 0 Å². The third kappa shape index (κ3) is 2.27. The van der Waals surface area contributed by atoms with Gasteiger partial charge in [0.05, 0.1) is 5.56 Å². The second-order valence-electron chi connectivity index (χ2n) is 4.31. The van der Waals surface area contributed by atoms with Gasteiger partial charge in [-0.05, 0) is 24.6 Å². The average molecular weight is 251 g/mol. The molecule has 0 saturated carbocycles. The Morgan fingerprint density at radius 3 is 2.89 bits per heavy atom. The van der Waals surface area contributed by atoms with E-state index in [0.717, 1.165) is 6.07 Å². The van der Waals surface area contributed by atoms with E-state index in [1.165, 1.54) is 12.1 Å². The molecular formula is C12H14FN3O2. The Bertz CT molecular complexity index is 504. The number of likely N-dealkylation sites (N-methyl/N-ethyl adjacent to an activating group) is 1. The molecule has 1 aliphatic rings. The molecule has 96 valence electrons. The summed E-state index contributed by atoms with van der Waals surface area (Å²) in [5.74, 6) is -1.21. The molecule has 2 rings (SSSR count). The highest BCUT2D eigenvalue weighted by molar-refractivity contribution is 6.01. The molecule has 1 atom stereocenters. The summed E-state index contributed by atoms with van der Waals surface area (Å²) in [7, 11) is 1.67. The second kappa shape index (κ2) is 4.64. The Labute approximate surface area is 104 Å². The SMILES string of the molecule is CN1CCC(NC(=O)c2cc(F)ccc2N)C1=O. The summed E-state index contributed by atoms with van der Waals surface area (Å²) in [5.41, 5.74) is 5.84. The zero-order valence-electron chi connectivity index (χ0n) is 9.94. The van der Waals surface area contributed by atoms with Crippen LogP contribution in [0, 0.1) is 5.82 Å². The predicted molar refractivity (Wildman–Crippen MR) is 64.3 cm³/mol. The minimum Gasteiger partial charge on any atom is -0.398 e. The molecule has 2 amide bonds. The molecule has 5 nitrogen and oxygen atoms in total. The predicted octanol–water partition coefficient (Wildman–Crippen LogP) is 0.368. The van der Waals surface area contributed by atoms with Crippen molar-refractivity contribution in [3.05, 3.63) is 29.6 Å². The van der Waals surface area contributed by atoms with Crippen molar-refractivity contribution in [2.45, 2.75) is 12.5 Å². The van der Waals surface area contributed by atoms with Crippen molar-refractivity contribution in [1.82, 2.24) is 10.2 Å². The average Bonchev–Trinajstić information content (AvgIpc) is 2.64. The first-order valence-electron chi connectivity index (χ1n) is 5.60. The largest absolute Gasteiger partial charge is 0.398 e. The number of nitrogen functional groups attached to an aromatic ring is 1. The summed E-state index contributed by atoms with van der Waals surface area (Å²) in [6, 6.07) is 3.02. The third-order valence-electron chi connectivity index (χ3n) is 2.99. The highest BCUT2D eigenvalue weighted by atomic mass is 19.1. The molecule has 0 bridgehead atoms. The molecule has 1 aromatic rings.